The van der Waals surface area contributed by atoms with Gasteiger partial charge in [0.25, 0.3) is 11.8 Å². The zero-order valence-electron chi connectivity index (χ0n) is 8.60. The Morgan fingerprint density at radius 2 is 1.73 bits per heavy atom. The first-order valence-corrected chi connectivity index (χ1v) is 4.61. The van der Waals surface area contributed by atoms with Crippen LogP contribution in [-0.4, -0.2) is 19.8 Å². The topological polar surface area (TPSA) is 58.3 Å². The second kappa shape index (κ2) is 3.31. The largest absolute Gasteiger partial charge is 0.491 e. The Balaban J connectivity index is 2.54. The molecule has 2 rings (SSSR count). The van der Waals surface area contributed by atoms with E-state index in [4.69, 9.17) is 0 Å². The summed E-state index contributed by atoms with van der Waals surface area (Å²) in [6, 6.07) is 7.71. The molecule has 4 heteroatoms. The van der Waals surface area contributed by atoms with Crippen LogP contribution in [0.1, 0.15) is 5.56 Å². The number of rotatable bonds is 1. The average molecular weight is 204 g/mol. The van der Waals surface area contributed by atoms with E-state index in [1.165, 1.54) is 4.57 Å². The SMILES string of the molecule is Cc1ccc(-c2nc(O)c(O)n2C)cc1. The van der Waals surface area contributed by atoms with Gasteiger partial charge in [0.15, 0.2) is 0 Å². The Hall–Kier alpha value is -1.97. The average Bonchev–Trinajstić information content (AvgIpc) is 2.47. The molecule has 78 valence electrons. The van der Waals surface area contributed by atoms with Gasteiger partial charge >= 0.3 is 0 Å². The molecule has 0 aliphatic rings. The third kappa shape index (κ3) is 1.54. The summed E-state index contributed by atoms with van der Waals surface area (Å²) in [6.07, 6.45) is 0. The van der Waals surface area contributed by atoms with Crippen molar-refractivity contribution in [3.63, 3.8) is 0 Å². The fourth-order valence-electron chi connectivity index (χ4n) is 1.44. The maximum atomic E-state index is 9.39. The third-order valence-corrected chi connectivity index (χ3v) is 2.36. The van der Waals surface area contributed by atoms with Crippen LogP contribution < -0.4 is 0 Å². The summed E-state index contributed by atoms with van der Waals surface area (Å²) in [7, 11) is 1.65. The van der Waals surface area contributed by atoms with Crippen molar-refractivity contribution in [2.75, 3.05) is 0 Å². The van der Waals surface area contributed by atoms with E-state index in [0.29, 0.717) is 5.82 Å². The van der Waals surface area contributed by atoms with Crippen molar-refractivity contribution < 1.29 is 10.2 Å². The van der Waals surface area contributed by atoms with E-state index in [1.807, 2.05) is 31.2 Å². The van der Waals surface area contributed by atoms with Gasteiger partial charge in [-0.15, -0.1) is 0 Å². The molecule has 0 radical (unpaired) electrons. The number of benzene rings is 1. The molecule has 0 amide bonds. The van der Waals surface area contributed by atoms with Crippen molar-refractivity contribution in [3.05, 3.63) is 29.8 Å². The molecule has 2 aromatic rings. The molecule has 4 nitrogen and oxygen atoms in total. The van der Waals surface area contributed by atoms with Gasteiger partial charge in [0, 0.05) is 12.6 Å². The first-order valence-electron chi connectivity index (χ1n) is 4.61. The van der Waals surface area contributed by atoms with Gasteiger partial charge in [-0.1, -0.05) is 29.8 Å². The minimum absolute atomic E-state index is 0.217. The second-order valence-electron chi connectivity index (χ2n) is 3.51. The van der Waals surface area contributed by atoms with Crippen LogP contribution in [0.4, 0.5) is 0 Å². The van der Waals surface area contributed by atoms with E-state index in [9.17, 15) is 10.2 Å². The van der Waals surface area contributed by atoms with Crippen LogP contribution in [0.2, 0.25) is 0 Å². The standard InChI is InChI=1S/C11H12N2O2/c1-7-3-5-8(6-4-7)9-12-10(14)11(15)13(9)2/h3-6,14-15H,1-2H3. The number of imidazole rings is 1. The van der Waals surface area contributed by atoms with Gasteiger partial charge in [-0.2, -0.15) is 4.98 Å². The molecule has 0 fully saturated rings. The number of aromatic nitrogens is 2. The summed E-state index contributed by atoms with van der Waals surface area (Å²) in [5, 5.41) is 18.6. The molecule has 0 unspecified atom stereocenters. The number of aromatic hydroxyl groups is 2. The van der Waals surface area contributed by atoms with Gasteiger partial charge < -0.3 is 10.2 Å². The van der Waals surface area contributed by atoms with Gasteiger partial charge in [-0.3, -0.25) is 4.57 Å². The lowest BCUT2D eigenvalue weighted by Crippen LogP contribution is -1.91. The monoisotopic (exact) mass is 204 g/mol. The summed E-state index contributed by atoms with van der Waals surface area (Å²) >= 11 is 0. The quantitative estimate of drug-likeness (QED) is 0.744. The molecular formula is C11H12N2O2. The number of hydrogen-bond donors (Lipinski definition) is 2. The smallest absolute Gasteiger partial charge is 0.275 e. The summed E-state index contributed by atoms with van der Waals surface area (Å²) in [4.78, 5) is 3.88. The molecule has 0 bridgehead atoms. The molecule has 15 heavy (non-hydrogen) atoms. The Bertz CT molecular complexity index is 486. The zero-order chi connectivity index (χ0) is 11.0. The van der Waals surface area contributed by atoms with E-state index in [2.05, 4.69) is 4.98 Å². The Kier molecular flexibility index (Phi) is 2.11. The van der Waals surface area contributed by atoms with E-state index in [0.717, 1.165) is 11.1 Å². The Morgan fingerprint density at radius 3 is 2.20 bits per heavy atom. The highest BCUT2D eigenvalue weighted by atomic mass is 16.3. The maximum absolute atomic E-state index is 9.39. The molecule has 1 aromatic carbocycles. The minimum Gasteiger partial charge on any atom is -0.491 e. The number of nitrogens with zero attached hydrogens (tertiary/aromatic N) is 2. The van der Waals surface area contributed by atoms with Gasteiger partial charge in [0.2, 0.25) is 0 Å². The Morgan fingerprint density at radius 1 is 1.13 bits per heavy atom. The molecule has 0 aliphatic carbocycles. The van der Waals surface area contributed by atoms with Crippen LogP contribution in [0.15, 0.2) is 24.3 Å². The van der Waals surface area contributed by atoms with Crippen molar-refractivity contribution in [1.82, 2.24) is 9.55 Å². The summed E-state index contributed by atoms with van der Waals surface area (Å²) < 4.78 is 1.44. The molecule has 0 saturated heterocycles. The molecule has 0 spiro atoms. The van der Waals surface area contributed by atoms with Crippen molar-refractivity contribution in [2.45, 2.75) is 6.92 Å². The van der Waals surface area contributed by atoms with Crippen molar-refractivity contribution in [1.29, 1.82) is 0 Å². The minimum atomic E-state index is -0.340. The number of hydrogen-bond acceptors (Lipinski definition) is 3. The predicted molar refractivity (Wildman–Crippen MR) is 56.7 cm³/mol. The lowest BCUT2D eigenvalue weighted by atomic mass is 10.1. The summed E-state index contributed by atoms with van der Waals surface area (Å²) in [5.41, 5.74) is 2.01. The normalized spacial score (nSPS) is 10.5. The van der Waals surface area contributed by atoms with Crippen LogP contribution in [0.3, 0.4) is 0 Å². The lowest BCUT2D eigenvalue weighted by molar-refractivity contribution is 0.374. The molecule has 0 saturated carbocycles. The molecule has 2 N–H and O–H groups in total. The van der Waals surface area contributed by atoms with Crippen molar-refractivity contribution in [2.24, 2.45) is 7.05 Å². The predicted octanol–water partition coefficient (Wildman–Crippen LogP) is 1.81. The fourth-order valence-corrected chi connectivity index (χ4v) is 1.44. The van der Waals surface area contributed by atoms with Gasteiger partial charge in [-0.25, -0.2) is 0 Å². The highest BCUT2D eigenvalue weighted by Gasteiger charge is 2.13. The van der Waals surface area contributed by atoms with Gasteiger partial charge in [0.05, 0.1) is 0 Å². The summed E-state index contributed by atoms with van der Waals surface area (Å²) in [5.74, 6) is -0.0105. The van der Waals surface area contributed by atoms with Gasteiger partial charge in [-0.05, 0) is 6.92 Å². The van der Waals surface area contributed by atoms with Crippen molar-refractivity contribution >= 4 is 0 Å². The maximum Gasteiger partial charge on any atom is 0.275 e. The molecular weight excluding hydrogens is 192 g/mol. The van der Waals surface area contributed by atoms with Crippen molar-refractivity contribution in [3.8, 4) is 23.1 Å². The molecule has 1 aromatic heterocycles. The molecule has 0 aliphatic heterocycles. The van der Waals surface area contributed by atoms with Gasteiger partial charge in [0.1, 0.15) is 5.82 Å². The first-order chi connectivity index (χ1) is 7.09. The second-order valence-corrected chi connectivity index (χ2v) is 3.51. The fraction of sp³-hybridized carbons (Fsp3) is 0.182. The van der Waals surface area contributed by atoms with Crippen LogP contribution in [-0.2, 0) is 7.05 Å². The third-order valence-electron chi connectivity index (χ3n) is 2.36. The lowest BCUT2D eigenvalue weighted by Gasteiger charge is -2.01. The molecule has 1 heterocycles. The highest BCUT2D eigenvalue weighted by molar-refractivity contribution is 5.59. The highest BCUT2D eigenvalue weighted by Crippen LogP contribution is 2.29. The van der Waals surface area contributed by atoms with Crippen LogP contribution in [0.25, 0.3) is 11.4 Å². The first kappa shape index (κ1) is 9.58. The number of aryl methyl sites for hydroxylation is 1. The zero-order valence-corrected chi connectivity index (χ0v) is 8.60. The van der Waals surface area contributed by atoms with E-state index in [1.54, 1.807) is 7.05 Å². The van der Waals surface area contributed by atoms with Crippen LogP contribution in [0, 0.1) is 6.92 Å². The van der Waals surface area contributed by atoms with E-state index >= 15 is 0 Å². The Labute approximate surface area is 87.4 Å². The van der Waals surface area contributed by atoms with E-state index in [-0.39, 0.29) is 11.8 Å². The molecule has 0 atom stereocenters. The van der Waals surface area contributed by atoms with Crippen LogP contribution >= 0.6 is 0 Å². The van der Waals surface area contributed by atoms with Crippen LogP contribution in [0.5, 0.6) is 11.8 Å². The summed E-state index contributed by atoms with van der Waals surface area (Å²) in [6.45, 7) is 2.00. The van der Waals surface area contributed by atoms with E-state index < -0.39 is 0 Å².